The van der Waals surface area contributed by atoms with Gasteiger partial charge < -0.3 is 10.1 Å². The highest BCUT2D eigenvalue weighted by molar-refractivity contribution is 9.10. The normalized spacial score (nSPS) is 10.3. The van der Waals surface area contributed by atoms with Gasteiger partial charge in [-0.05, 0) is 46.3 Å². The van der Waals surface area contributed by atoms with Crippen molar-refractivity contribution in [3.63, 3.8) is 0 Å². The molecule has 0 aromatic heterocycles. The first-order chi connectivity index (χ1) is 9.92. The van der Waals surface area contributed by atoms with Crippen LogP contribution in [-0.4, -0.2) is 13.0 Å². The summed E-state index contributed by atoms with van der Waals surface area (Å²) in [6.45, 7) is 0. The van der Waals surface area contributed by atoms with E-state index in [-0.39, 0.29) is 15.7 Å². The van der Waals surface area contributed by atoms with E-state index in [0.717, 1.165) is 12.1 Å². The molecule has 0 fully saturated rings. The lowest BCUT2D eigenvalue weighted by Crippen LogP contribution is -2.13. The lowest BCUT2D eigenvalue weighted by Gasteiger charge is -2.11. The SMILES string of the molecule is COc1ccc(Br)c(C(=O)Nc2c(Cl)cc(F)cc2Cl)c1. The van der Waals surface area contributed by atoms with E-state index in [1.807, 2.05) is 0 Å². The van der Waals surface area contributed by atoms with Crippen LogP contribution >= 0.6 is 39.1 Å². The van der Waals surface area contributed by atoms with Gasteiger partial charge in [-0.2, -0.15) is 0 Å². The smallest absolute Gasteiger partial charge is 0.257 e. The van der Waals surface area contributed by atoms with E-state index in [4.69, 9.17) is 27.9 Å². The maximum atomic E-state index is 13.1. The number of methoxy groups -OCH3 is 1. The summed E-state index contributed by atoms with van der Waals surface area (Å²) in [5, 5.41) is 2.60. The number of benzene rings is 2. The van der Waals surface area contributed by atoms with Crippen molar-refractivity contribution in [1.82, 2.24) is 0 Å². The van der Waals surface area contributed by atoms with E-state index in [1.54, 1.807) is 18.2 Å². The molecule has 0 aliphatic rings. The lowest BCUT2D eigenvalue weighted by atomic mass is 10.2. The predicted molar refractivity (Wildman–Crippen MR) is 85.1 cm³/mol. The van der Waals surface area contributed by atoms with Gasteiger partial charge in [-0.25, -0.2) is 4.39 Å². The van der Waals surface area contributed by atoms with Gasteiger partial charge >= 0.3 is 0 Å². The zero-order valence-electron chi connectivity index (χ0n) is 10.7. The summed E-state index contributed by atoms with van der Waals surface area (Å²) in [6.07, 6.45) is 0. The second-order valence-electron chi connectivity index (χ2n) is 4.04. The van der Waals surface area contributed by atoms with E-state index >= 15 is 0 Å². The minimum absolute atomic E-state index is 0.0207. The predicted octanol–water partition coefficient (Wildman–Crippen LogP) is 5.16. The number of hydrogen-bond donors (Lipinski definition) is 1. The third-order valence-corrected chi connectivity index (χ3v) is 3.95. The Balaban J connectivity index is 2.35. The highest BCUT2D eigenvalue weighted by atomic mass is 79.9. The van der Waals surface area contributed by atoms with Crippen LogP contribution < -0.4 is 10.1 Å². The molecule has 1 amide bonds. The van der Waals surface area contributed by atoms with Gasteiger partial charge in [-0.1, -0.05) is 23.2 Å². The summed E-state index contributed by atoms with van der Waals surface area (Å²) in [5.74, 6) is -0.499. The van der Waals surface area contributed by atoms with E-state index in [0.29, 0.717) is 15.8 Å². The zero-order chi connectivity index (χ0) is 15.6. The molecular formula is C14H9BrCl2FNO2. The summed E-state index contributed by atoms with van der Waals surface area (Å²) >= 11 is 15.1. The molecule has 0 unspecified atom stereocenters. The molecule has 0 aliphatic carbocycles. The summed E-state index contributed by atoms with van der Waals surface area (Å²) in [7, 11) is 1.50. The number of amides is 1. The van der Waals surface area contributed by atoms with Gasteiger partial charge in [0.25, 0.3) is 5.91 Å². The fourth-order valence-electron chi connectivity index (χ4n) is 1.65. The van der Waals surface area contributed by atoms with Crippen molar-refractivity contribution in [2.75, 3.05) is 12.4 Å². The Morgan fingerprint density at radius 1 is 1.24 bits per heavy atom. The summed E-state index contributed by atoms with van der Waals surface area (Å²) < 4.78 is 18.8. The first-order valence-corrected chi connectivity index (χ1v) is 7.26. The van der Waals surface area contributed by atoms with Gasteiger partial charge in [0, 0.05) is 4.47 Å². The average molecular weight is 393 g/mol. The third-order valence-electron chi connectivity index (χ3n) is 2.66. The molecule has 0 heterocycles. The number of halogens is 4. The topological polar surface area (TPSA) is 38.3 Å². The van der Waals surface area contributed by atoms with Crippen LogP contribution in [0.2, 0.25) is 10.0 Å². The number of ether oxygens (including phenoxy) is 1. The van der Waals surface area contributed by atoms with Crippen molar-refractivity contribution >= 4 is 50.7 Å². The highest BCUT2D eigenvalue weighted by Crippen LogP contribution is 2.32. The molecule has 7 heteroatoms. The van der Waals surface area contributed by atoms with Crippen molar-refractivity contribution in [3.05, 3.63) is 56.2 Å². The van der Waals surface area contributed by atoms with Gasteiger partial charge in [0.15, 0.2) is 0 Å². The van der Waals surface area contributed by atoms with Crippen LogP contribution in [0.1, 0.15) is 10.4 Å². The van der Waals surface area contributed by atoms with Crippen LogP contribution in [0.4, 0.5) is 10.1 Å². The molecule has 21 heavy (non-hydrogen) atoms. The second-order valence-corrected chi connectivity index (χ2v) is 5.71. The summed E-state index contributed by atoms with van der Waals surface area (Å²) in [6, 6.07) is 7.10. The Morgan fingerprint density at radius 3 is 2.43 bits per heavy atom. The van der Waals surface area contributed by atoms with Crippen LogP contribution in [0, 0.1) is 5.82 Å². The first kappa shape index (κ1) is 16.1. The minimum Gasteiger partial charge on any atom is -0.497 e. The number of carbonyl (C=O) groups is 1. The Bertz CT molecular complexity index is 686. The molecule has 0 atom stereocenters. The number of nitrogens with one attached hydrogen (secondary N) is 1. The van der Waals surface area contributed by atoms with E-state index < -0.39 is 11.7 Å². The third kappa shape index (κ3) is 3.67. The molecule has 0 bridgehead atoms. The van der Waals surface area contributed by atoms with Crippen LogP contribution in [0.3, 0.4) is 0 Å². The molecule has 3 nitrogen and oxygen atoms in total. The maximum Gasteiger partial charge on any atom is 0.257 e. The van der Waals surface area contributed by atoms with Crippen molar-refractivity contribution < 1.29 is 13.9 Å². The monoisotopic (exact) mass is 391 g/mol. The molecule has 0 spiro atoms. The van der Waals surface area contributed by atoms with Crippen molar-refractivity contribution in [2.45, 2.75) is 0 Å². The number of rotatable bonds is 3. The largest absolute Gasteiger partial charge is 0.497 e. The fourth-order valence-corrected chi connectivity index (χ4v) is 2.63. The molecule has 0 saturated heterocycles. The number of carbonyl (C=O) groups excluding carboxylic acids is 1. The fraction of sp³-hybridized carbons (Fsp3) is 0.0714. The Kier molecular flexibility index (Phi) is 5.08. The van der Waals surface area contributed by atoms with Gasteiger partial charge in [0.2, 0.25) is 0 Å². The lowest BCUT2D eigenvalue weighted by molar-refractivity contribution is 0.102. The van der Waals surface area contributed by atoms with Crippen molar-refractivity contribution in [1.29, 1.82) is 0 Å². The number of anilines is 1. The van der Waals surface area contributed by atoms with Gasteiger partial charge in [-0.15, -0.1) is 0 Å². The Hall–Kier alpha value is -1.30. The Labute approximate surface area is 139 Å². The summed E-state index contributed by atoms with van der Waals surface area (Å²) in [4.78, 5) is 12.3. The summed E-state index contributed by atoms with van der Waals surface area (Å²) in [5.41, 5.74) is 0.491. The molecular weight excluding hydrogens is 384 g/mol. The average Bonchev–Trinajstić information content (AvgIpc) is 2.43. The van der Waals surface area contributed by atoms with Gasteiger partial charge in [0.05, 0.1) is 28.4 Å². The molecule has 0 aliphatic heterocycles. The molecule has 1 N–H and O–H groups in total. The second kappa shape index (κ2) is 6.64. The van der Waals surface area contributed by atoms with Crippen LogP contribution in [0.15, 0.2) is 34.8 Å². The molecule has 2 rings (SSSR count). The van der Waals surface area contributed by atoms with Crippen LogP contribution in [-0.2, 0) is 0 Å². The van der Waals surface area contributed by atoms with Crippen LogP contribution in [0.5, 0.6) is 5.75 Å². The minimum atomic E-state index is -0.578. The van der Waals surface area contributed by atoms with E-state index in [9.17, 15) is 9.18 Å². The number of hydrogen-bond acceptors (Lipinski definition) is 2. The molecule has 110 valence electrons. The standard InChI is InChI=1S/C14H9BrCl2FNO2/c1-21-8-2-3-10(15)9(6-8)14(20)19-13-11(16)4-7(18)5-12(13)17/h2-6H,1H3,(H,19,20). The van der Waals surface area contributed by atoms with Crippen molar-refractivity contribution in [2.24, 2.45) is 0 Å². The first-order valence-electron chi connectivity index (χ1n) is 5.72. The van der Waals surface area contributed by atoms with Gasteiger partial charge in [0.1, 0.15) is 11.6 Å². The Morgan fingerprint density at radius 2 is 1.86 bits per heavy atom. The molecule has 0 saturated carbocycles. The molecule has 2 aromatic carbocycles. The molecule has 2 aromatic rings. The maximum absolute atomic E-state index is 13.1. The zero-order valence-corrected chi connectivity index (χ0v) is 13.8. The van der Waals surface area contributed by atoms with Crippen molar-refractivity contribution in [3.8, 4) is 5.75 Å². The quantitative estimate of drug-likeness (QED) is 0.783. The van der Waals surface area contributed by atoms with Gasteiger partial charge in [-0.3, -0.25) is 4.79 Å². The molecule has 0 radical (unpaired) electrons. The van der Waals surface area contributed by atoms with E-state index in [2.05, 4.69) is 21.2 Å². The highest BCUT2D eigenvalue weighted by Gasteiger charge is 2.16. The van der Waals surface area contributed by atoms with Crippen LogP contribution in [0.25, 0.3) is 0 Å². The van der Waals surface area contributed by atoms with E-state index in [1.165, 1.54) is 7.11 Å².